The van der Waals surface area contributed by atoms with Crippen molar-refractivity contribution < 1.29 is 9.53 Å². The number of aryl methyl sites for hydroxylation is 1. The molecule has 2 heterocycles. The molecule has 9 nitrogen and oxygen atoms in total. The minimum Gasteiger partial charge on any atom is -0.444 e. The highest BCUT2D eigenvalue weighted by molar-refractivity contribution is 14.0. The lowest BCUT2D eigenvalue weighted by atomic mass is 10.1. The first-order valence-corrected chi connectivity index (χ1v) is 10.2. The Morgan fingerprint density at radius 1 is 1.28 bits per heavy atom. The molecule has 0 aromatic carbocycles. The molecule has 1 saturated heterocycles. The van der Waals surface area contributed by atoms with Gasteiger partial charge < -0.3 is 24.8 Å². The highest BCUT2D eigenvalue weighted by Gasteiger charge is 2.27. The molecule has 0 spiro atoms. The van der Waals surface area contributed by atoms with Crippen molar-refractivity contribution in [3.05, 3.63) is 12.7 Å². The normalized spacial score (nSPS) is 17.4. The number of unbranched alkanes of at least 4 members (excludes halogenated alkanes) is 1. The zero-order valence-electron chi connectivity index (χ0n) is 18.1. The van der Waals surface area contributed by atoms with Gasteiger partial charge in [0.1, 0.15) is 18.3 Å². The Hall–Kier alpha value is -1.59. The molecule has 166 valence electrons. The Morgan fingerprint density at radius 2 is 2.00 bits per heavy atom. The van der Waals surface area contributed by atoms with Gasteiger partial charge in [-0.25, -0.2) is 4.79 Å². The first kappa shape index (κ1) is 25.4. The second kappa shape index (κ2) is 12.9. The largest absolute Gasteiger partial charge is 0.444 e. The lowest BCUT2D eigenvalue weighted by Gasteiger charge is -2.35. The smallest absolute Gasteiger partial charge is 0.410 e. The zero-order chi connectivity index (χ0) is 20.4. The lowest BCUT2D eigenvalue weighted by molar-refractivity contribution is 0.0193. The molecular formula is C19H36IN7O2. The SMILES string of the molecule is CCNC(=NCCCCn1cnnc1)NC1CCCN(C(=O)OC(C)(C)C)C1.I. The third-order valence-electron chi connectivity index (χ3n) is 4.32. The fraction of sp³-hybridized carbons (Fsp3) is 0.789. The van der Waals surface area contributed by atoms with Crippen molar-refractivity contribution in [3.8, 4) is 0 Å². The van der Waals surface area contributed by atoms with E-state index < -0.39 is 5.60 Å². The van der Waals surface area contributed by atoms with Crippen LogP contribution in [0.5, 0.6) is 0 Å². The monoisotopic (exact) mass is 521 g/mol. The number of aromatic nitrogens is 3. The van der Waals surface area contributed by atoms with Crippen molar-refractivity contribution in [3.63, 3.8) is 0 Å². The average molecular weight is 521 g/mol. The molecule has 1 atom stereocenters. The summed E-state index contributed by atoms with van der Waals surface area (Å²) in [6.07, 6.45) is 7.20. The van der Waals surface area contributed by atoms with Crippen LogP contribution in [-0.4, -0.2) is 69.5 Å². The van der Waals surface area contributed by atoms with Crippen molar-refractivity contribution in [2.45, 2.75) is 71.6 Å². The maximum Gasteiger partial charge on any atom is 0.410 e. The number of hydrogen-bond acceptors (Lipinski definition) is 5. The number of ether oxygens (including phenoxy) is 1. The molecule has 0 aliphatic carbocycles. The van der Waals surface area contributed by atoms with Gasteiger partial charge in [0.25, 0.3) is 0 Å². The van der Waals surface area contributed by atoms with Crippen LogP contribution >= 0.6 is 24.0 Å². The summed E-state index contributed by atoms with van der Waals surface area (Å²) in [5.74, 6) is 0.808. The van der Waals surface area contributed by atoms with E-state index >= 15 is 0 Å². The number of piperidine rings is 1. The minimum atomic E-state index is -0.472. The van der Waals surface area contributed by atoms with Crippen molar-refractivity contribution in [2.24, 2.45) is 4.99 Å². The van der Waals surface area contributed by atoms with E-state index in [1.165, 1.54) is 0 Å². The summed E-state index contributed by atoms with van der Waals surface area (Å²) in [6, 6.07) is 0.177. The number of likely N-dealkylation sites (tertiary alicyclic amines) is 1. The van der Waals surface area contributed by atoms with E-state index in [2.05, 4.69) is 32.7 Å². The fourth-order valence-electron chi connectivity index (χ4n) is 3.04. The van der Waals surface area contributed by atoms with Crippen molar-refractivity contribution in [1.29, 1.82) is 0 Å². The van der Waals surface area contributed by atoms with Crippen LogP contribution in [-0.2, 0) is 11.3 Å². The minimum absolute atomic E-state index is 0. The van der Waals surface area contributed by atoms with Gasteiger partial charge in [-0.15, -0.1) is 34.2 Å². The Balaban J connectivity index is 0.00000420. The maximum atomic E-state index is 12.3. The molecular weight excluding hydrogens is 485 g/mol. The van der Waals surface area contributed by atoms with Crippen molar-refractivity contribution >= 4 is 36.0 Å². The number of amides is 1. The van der Waals surface area contributed by atoms with Crippen LogP contribution in [0.25, 0.3) is 0 Å². The summed E-state index contributed by atoms with van der Waals surface area (Å²) in [5.41, 5.74) is -0.472. The Bertz CT molecular complexity index is 617. The van der Waals surface area contributed by atoms with Gasteiger partial charge in [0.05, 0.1) is 0 Å². The van der Waals surface area contributed by atoms with Gasteiger partial charge in [-0.2, -0.15) is 0 Å². The van der Waals surface area contributed by atoms with E-state index in [1.54, 1.807) is 17.6 Å². The van der Waals surface area contributed by atoms with Gasteiger partial charge >= 0.3 is 6.09 Å². The fourth-order valence-corrected chi connectivity index (χ4v) is 3.04. The zero-order valence-corrected chi connectivity index (χ0v) is 20.4. The second-order valence-corrected chi connectivity index (χ2v) is 8.08. The topological polar surface area (TPSA) is 96.7 Å². The number of nitrogens with zero attached hydrogens (tertiary/aromatic N) is 5. The van der Waals surface area contributed by atoms with Gasteiger partial charge in [0, 0.05) is 38.8 Å². The van der Waals surface area contributed by atoms with Crippen LogP contribution in [0.4, 0.5) is 4.79 Å². The van der Waals surface area contributed by atoms with Crippen LogP contribution < -0.4 is 10.6 Å². The molecule has 1 amide bonds. The molecule has 1 aromatic heterocycles. The number of halogens is 1. The van der Waals surface area contributed by atoms with E-state index in [0.29, 0.717) is 6.54 Å². The number of guanidine groups is 1. The van der Waals surface area contributed by atoms with E-state index in [1.807, 2.05) is 25.3 Å². The first-order valence-electron chi connectivity index (χ1n) is 10.2. The summed E-state index contributed by atoms with van der Waals surface area (Å²) < 4.78 is 7.48. The molecule has 0 bridgehead atoms. The molecule has 0 radical (unpaired) electrons. The van der Waals surface area contributed by atoms with Gasteiger partial charge in [-0.3, -0.25) is 4.99 Å². The number of nitrogens with one attached hydrogen (secondary N) is 2. The molecule has 1 aliphatic rings. The Morgan fingerprint density at radius 3 is 2.66 bits per heavy atom. The van der Waals surface area contributed by atoms with Crippen LogP contribution in [0.15, 0.2) is 17.6 Å². The molecule has 10 heteroatoms. The number of rotatable bonds is 7. The van der Waals surface area contributed by atoms with E-state index in [9.17, 15) is 4.79 Å². The summed E-state index contributed by atoms with van der Waals surface area (Å²) in [7, 11) is 0. The lowest BCUT2D eigenvalue weighted by Crippen LogP contribution is -2.53. The number of carbonyl (C=O) groups excluding carboxylic acids is 1. The third kappa shape index (κ3) is 10.1. The average Bonchev–Trinajstić information content (AvgIpc) is 3.14. The first-order chi connectivity index (χ1) is 13.4. The summed E-state index contributed by atoms with van der Waals surface area (Å²) in [6.45, 7) is 11.6. The Kier molecular flexibility index (Phi) is 11.3. The predicted molar refractivity (Wildman–Crippen MR) is 125 cm³/mol. The molecule has 0 saturated carbocycles. The number of carbonyl (C=O) groups is 1. The number of hydrogen-bond donors (Lipinski definition) is 2. The van der Waals surface area contributed by atoms with E-state index in [-0.39, 0.29) is 36.1 Å². The number of aliphatic imine (C=N–C) groups is 1. The molecule has 2 N–H and O–H groups in total. The molecule has 1 unspecified atom stereocenters. The van der Waals surface area contributed by atoms with Crippen LogP contribution in [0.3, 0.4) is 0 Å². The second-order valence-electron chi connectivity index (χ2n) is 8.08. The standard InChI is InChI=1S/C19H35N7O2.HI/c1-5-20-17(21-10-6-7-11-25-14-22-23-15-25)24-16-9-8-12-26(13-16)18(27)28-19(2,3)4;/h14-16H,5-13H2,1-4H3,(H2,20,21,24);1H. The van der Waals surface area contributed by atoms with Gasteiger partial charge in [-0.05, 0) is 53.4 Å². The highest BCUT2D eigenvalue weighted by atomic mass is 127. The van der Waals surface area contributed by atoms with Gasteiger partial charge in [0.2, 0.25) is 0 Å². The van der Waals surface area contributed by atoms with Crippen LogP contribution in [0, 0.1) is 0 Å². The molecule has 2 rings (SSSR count). The van der Waals surface area contributed by atoms with Crippen LogP contribution in [0.2, 0.25) is 0 Å². The highest BCUT2D eigenvalue weighted by Crippen LogP contribution is 2.15. The van der Waals surface area contributed by atoms with E-state index in [0.717, 1.165) is 57.8 Å². The van der Waals surface area contributed by atoms with Gasteiger partial charge in [0.15, 0.2) is 5.96 Å². The van der Waals surface area contributed by atoms with Gasteiger partial charge in [-0.1, -0.05) is 0 Å². The summed E-state index contributed by atoms with van der Waals surface area (Å²) in [4.78, 5) is 18.8. The van der Waals surface area contributed by atoms with Crippen LogP contribution in [0.1, 0.15) is 53.4 Å². The maximum absolute atomic E-state index is 12.3. The van der Waals surface area contributed by atoms with Crippen molar-refractivity contribution in [1.82, 2.24) is 30.3 Å². The van der Waals surface area contributed by atoms with E-state index in [4.69, 9.17) is 4.74 Å². The molecule has 1 fully saturated rings. The summed E-state index contributed by atoms with van der Waals surface area (Å²) in [5, 5.41) is 14.4. The molecule has 1 aromatic rings. The molecule has 29 heavy (non-hydrogen) atoms. The summed E-state index contributed by atoms with van der Waals surface area (Å²) >= 11 is 0. The predicted octanol–water partition coefficient (Wildman–Crippen LogP) is 2.63. The van der Waals surface area contributed by atoms with Crippen molar-refractivity contribution in [2.75, 3.05) is 26.2 Å². The molecule has 1 aliphatic heterocycles. The third-order valence-corrected chi connectivity index (χ3v) is 4.32. The Labute approximate surface area is 191 Å². The quantitative estimate of drug-likeness (QED) is 0.248.